The van der Waals surface area contributed by atoms with Crippen molar-refractivity contribution in [3.63, 3.8) is 0 Å². The molecule has 1 rings (SSSR count). The van der Waals surface area contributed by atoms with Crippen LogP contribution in [0.3, 0.4) is 0 Å². The van der Waals surface area contributed by atoms with Crippen LogP contribution < -0.4 is 5.73 Å². The van der Waals surface area contributed by atoms with Gasteiger partial charge in [-0.2, -0.15) is 0 Å². The summed E-state index contributed by atoms with van der Waals surface area (Å²) in [5, 5.41) is 0. The zero-order chi connectivity index (χ0) is 9.68. The molecular weight excluding hydrogens is 178 g/mol. The van der Waals surface area contributed by atoms with Crippen LogP contribution >= 0.6 is 11.8 Å². The lowest BCUT2D eigenvalue weighted by Crippen LogP contribution is -2.08. The molecule has 0 saturated carbocycles. The SMILES string of the molecule is CCSc1ccc(C(C)CN)cc1. The number of thioether (sulfide) groups is 1. The molecule has 1 unspecified atom stereocenters. The first-order valence-corrected chi connectivity index (χ1v) is 5.69. The lowest BCUT2D eigenvalue weighted by Gasteiger charge is -2.08. The number of rotatable bonds is 4. The second-order valence-corrected chi connectivity index (χ2v) is 4.48. The molecule has 1 aromatic carbocycles. The summed E-state index contributed by atoms with van der Waals surface area (Å²) in [7, 11) is 0. The zero-order valence-electron chi connectivity index (χ0n) is 8.29. The minimum atomic E-state index is 0.473. The van der Waals surface area contributed by atoms with Crippen molar-refractivity contribution in [2.45, 2.75) is 24.7 Å². The van der Waals surface area contributed by atoms with Gasteiger partial charge in [-0.15, -0.1) is 11.8 Å². The molecule has 0 fully saturated rings. The second-order valence-electron chi connectivity index (χ2n) is 3.14. The highest BCUT2D eigenvalue weighted by molar-refractivity contribution is 7.99. The van der Waals surface area contributed by atoms with Crippen molar-refractivity contribution < 1.29 is 0 Å². The van der Waals surface area contributed by atoms with E-state index >= 15 is 0 Å². The highest BCUT2D eigenvalue weighted by Crippen LogP contribution is 2.20. The Balaban J connectivity index is 2.69. The summed E-state index contributed by atoms with van der Waals surface area (Å²) in [5.74, 6) is 1.60. The fourth-order valence-corrected chi connectivity index (χ4v) is 1.86. The lowest BCUT2D eigenvalue weighted by molar-refractivity contribution is 0.773. The van der Waals surface area contributed by atoms with Crippen LogP contribution in [0.1, 0.15) is 25.3 Å². The van der Waals surface area contributed by atoms with Crippen LogP contribution in [0.2, 0.25) is 0 Å². The molecular formula is C11H17NS. The summed E-state index contributed by atoms with van der Waals surface area (Å²) in [6, 6.07) is 8.70. The quantitative estimate of drug-likeness (QED) is 0.748. The van der Waals surface area contributed by atoms with E-state index in [0.29, 0.717) is 5.92 Å². The lowest BCUT2D eigenvalue weighted by atomic mass is 10.0. The van der Waals surface area contributed by atoms with Crippen molar-refractivity contribution >= 4 is 11.8 Å². The minimum Gasteiger partial charge on any atom is -0.330 e. The summed E-state index contributed by atoms with van der Waals surface area (Å²) in [4.78, 5) is 1.34. The summed E-state index contributed by atoms with van der Waals surface area (Å²) in [5.41, 5.74) is 6.93. The summed E-state index contributed by atoms with van der Waals surface area (Å²) in [6.45, 7) is 5.04. The molecule has 0 aromatic heterocycles. The topological polar surface area (TPSA) is 26.0 Å². The number of benzene rings is 1. The van der Waals surface area contributed by atoms with Crippen molar-refractivity contribution in [2.75, 3.05) is 12.3 Å². The third-order valence-electron chi connectivity index (χ3n) is 2.11. The van der Waals surface area contributed by atoms with Gasteiger partial charge in [0.15, 0.2) is 0 Å². The highest BCUT2D eigenvalue weighted by atomic mass is 32.2. The molecule has 13 heavy (non-hydrogen) atoms. The monoisotopic (exact) mass is 195 g/mol. The van der Waals surface area contributed by atoms with Crippen LogP contribution in [0.25, 0.3) is 0 Å². The van der Waals surface area contributed by atoms with E-state index < -0.39 is 0 Å². The van der Waals surface area contributed by atoms with Gasteiger partial charge in [-0.25, -0.2) is 0 Å². The van der Waals surface area contributed by atoms with Gasteiger partial charge in [-0.05, 0) is 35.9 Å². The first-order valence-electron chi connectivity index (χ1n) is 4.70. The maximum Gasteiger partial charge on any atom is 0.00720 e. The first-order chi connectivity index (χ1) is 6.27. The Hall–Kier alpha value is -0.470. The number of hydrogen-bond acceptors (Lipinski definition) is 2. The summed E-state index contributed by atoms with van der Waals surface area (Å²) < 4.78 is 0. The fraction of sp³-hybridized carbons (Fsp3) is 0.455. The van der Waals surface area contributed by atoms with Crippen LogP contribution in [-0.2, 0) is 0 Å². The Morgan fingerprint density at radius 3 is 2.38 bits per heavy atom. The van der Waals surface area contributed by atoms with Gasteiger partial charge in [0.2, 0.25) is 0 Å². The molecule has 0 aliphatic carbocycles. The van der Waals surface area contributed by atoms with Gasteiger partial charge in [-0.1, -0.05) is 26.0 Å². The predicted octanol–water partition coefficient (Wildman–Crippen LogP) is 2.86. The zero-order valence-corrected chi connectivity index (χ0v) is 9.10. The third-order valence-corrected chi connectivity index (χ3v) is 3.01. The molecule has 2 heteroatoms. The predicted molar refractivity (Wildman–Crippen MR) is 60.3 cm³/mol. The van der Waals surface area contributed by atoms with Crippen LogP contribution in [0.4, 0.5) is 0 Å². The maximum absolute atomic E-state index is 5.60. The van der Waals surface area contributed by atoms with E-state index in [4.69, 9.17) is 5.73 Å². The van der Waals surface area contributed by atoms with Gasteiger partial charge in [0.1, 0.15) is 0 Å². The largest absolute Gasteiger partial charge is 0.330 e. The summed E-state index contributed by atoms with van der Waals surface area (Å²) in [6.07, 6.45) is 0. The van der Waals surface area contributed by atoms with Crippen molar-refractivity contribution in [1.29, 1.82) is 0 Å². The van der Waals surface area contributed by atoms with Crippen LogP contribution in [-0.4, -0.2) is 12.3 Å². The van der Waals surface area contributed by atoms with E-state index in [1.807, 2.05) is 11.8 Å². The van der Waals surface area contributed by atoms with E-state index in [1.165, 1.54) is 10.5 Å². The highest BCUT2D eigenvalue weighted by Gasteiger charge is 2.01. The average molecular weight is 195 g/mol. The molecule has 1 atom stereocenters. The standard InChI is InChI=1S/C11H17NS/c1-3-13-11-6-4-10(5-7-11)9(2)8-12/h4-7,9H,3,8,12H2,1-2H3. The van der Waals surface area contributed by atoms with Crippen LogP contribution in [0.15, 0.2) is 29.2 Å². The minimum absolute atomic E-state index is 0.473. The molecule has 1 aromatic rings. The smallest absolute Gasteiger partial charge is 0.00720 e. The molecule has 2 N–H and O–H groups in total. The molecule has 0 bridgehead atoms. The van der Waals surface area contributed by atoms with Crippen molar-refractivity contribution in [1.82, 2.24) is 0 Å². The first kappa shape index (κ1) is 10.6. The third kappa shape index (κ3) is 3.05. The average Bonchev–Trinajstić information content (AvgIpc) is 2.18. The van der Waals surface area contributed by atoms with Gasteiger partial charge in [0.25, 0.3) is 0 Å². The van der Waals surface area contributed by atoms with E-state index in [-0.39, 0.29) is 0 Å². The van der Waals surface area contributed by atoms with Crippen LogP contribution in [0.5, 0.6) is 0 Å². The van der Waals surface area contributed by atoms with Gasteiger partial charge < -0.3 is 5.73 Å². The number of nitrogens with two attached hydrogens (primary N) is 1. The second kappa shape index (κ2) is 5.30. The molecule has 0 saturated heterocycles. The van der Waals surface area contributed by atoms with E-state index in [1.54, 1.807) is 0 Å². The molecule has 0 heterocycles. The van der Waals surface area contributed by atoms with Gasteiger partial charge in [-0.3, -0.25) is 0 Å². The Morgan fingerprint density at radius 1 is 1.31 bits per heavy atom. The summed E-state index contributed by atoms with van der Waals surface area (Å²) >= 11 is 1.87. The van der Waals surface area contributed by atoms with Crippen molar-refractivity contribution in [3.8, 4) is 0 Å². The molecule has 0 aliphatic rings. The molecule has 0 spiro atoms. The maximum atomic E-state index is 5.60. The number of hydrogen-bond donors (Lipinski definition) is 1. The normalized spacial score (nSPS) is 12.8. The van der Waals surface area contributed by atoms with Crippen molar-refractivity contribution in [3.05, 3.63) is 29.8 Å². The molecule has 0 aliphatic heterocycles. The van der Waals surface area contributed by atoms with Crippen LogP contribution in [0, 0.1) is 0 Å². The fourth-order valence-electron chi connectivity index (χ4n) is 1.20. The van der Waals surface area contributed by atoms with E-state index in [0.717, 1.165) is 12.3 Å². The van der Waals surface area contributed by atoms with Gasteiger partial charge in [0, 0.05) is 4.90 Å². The Labute approximate surface area is 84.7 Å². The molecule has 0 radical (unpaired) electrons. The Morgan fingerprint density at radius 2 is 1.92 bits per heavy atom. The molecule has 0 amide bonds. The van der Waals surface area contributed by atoms with E-state index in [2.05, 4.69) is 38.1 Å². The Kier molecular flexibility index (Phi) is 4.33. The van der Waals surface area contributed by atoms with Crippen molar-refractivity contribution in [2.24, 2.45) is 5.73 Å². The molecule has 1 nitrogen and oxygen atoms in total. The van der Waals surface area contributed by atoms with E-state index in [9.17, 15) is 0 Å². The Bertz CT molecular complexity index is 243. The van der Waals surface area contributed by atoms with Gasteiger partial charge in [0.05, 0.1) is 0 Å². The molecule has 72 valence electrons. The van der Waals surface area contributed by atoms with Gasteiger partial charge >= 0.3 is 0 Å².